The number of amides is 2. The van der Waals surface area contributed by atoms with Crippen LogP contribution >= 0.6 is 11.6 Å². The van der Waals surface area contributed by atoms with Gasteiger partial charge in [-0.25, -0.2) is 0 Å². The van der Waals surface area contributed by atoms with Crippen LogP contribution in [0.1, 0.15) is 24.8 Å². The van der Waals surface area contributed by atoms with Gasteiger partial charge in [-0.15, -0.1) is 0 Å². The zero-order chi connectivity index (χ0) is 15.9. The van der Waals surface area contributed by atoms with E-state index >= 15 is 0 Å². The second-order valence-electron chi connectivity index (χ2n) is 5.59. The van der Waals surface area contributed by atoms with Crippen molar-refractivity contribution in [2.24, 2.45) is 5.92 Å². The molecule has 22 heavy (non-hydrogen) atoms. The zero-order valence-electron chi connectivity index (χ0n) is 12.5. The first-order chi connectivity index (χ1) is 10.6. The maximum Gasteiger partial charge on any atom is 0.243 e. The van der Waals surface area contributed by atoms with E-state index in [1.165, 1.54) is 6.08 Å². The molecule has 0 bridgehead atoms. The second-order valence-corrected chi connectivity index (χ2v) is 6.03. The fourth-order valence-electron chi connectivity index (χ4n) is 2.78. The molecule has 0 aliphatic heterocycles. The van der Waals surface area contributed by atoms with Gasteiger partial charge in [-0.2, -0.15) is 0 Å². The first-order valence-corrected chi connectivity index (χ1v) is 7.91. The lowest BCUT2D eigenvalue weighted by Gasteiger charge is -2.12. The average molecular weight is 321 g/mol. The largest absolute Gasteiger partial charge is 0.356 e. The van der Waals surface area contributed by atoms with Gasteiger partial charge in [0.25, 0.3) is 0 Å². The van der Waals surface area contributed by atoms with E-state index < -0.39 is 0 Å². The highest BCUT2D eigenvalue weighted by atomic mass is 35.5. The minimum atomic E-state index is -0.174. The van der Waals surface area contributed by atoms with Crippen molar-refractivity contribution in [3.63, 3.8) is 0 Å². The standard InChI is InChI=1S/C17H21ClN2O2/c1-2-16(21)20-15-7-6-13(11-15)17(22)19-9-8-12-4-3-5-14(18)10-12/h2-5,10,13,15H,1,6-9,11H2,(H,19,22)(H,20,21)/t13-,15-/m0/s1. The Morgan fingerprint density at radius 3 is 2.91 bits per heavy atom. The molecule has 0 aromatic heterocycles. The molecule has 0 heterocycles. The summed E-state index contributed by atoms with van der Waals surface area (Å²) in [5, 5.41) is 6.52. The van der Waals surface area contributed by atoms with E-state index in [1.54, 1.807) is 0 Å². The van der Waals surface area contributed by atoms with Crippen molar-refractivity contribution >= 4 is 23.4 Å². The number of rotatable bonds is 6. The lowest BCUT2D eigenvalue weighted by atomic mass is 10.1. The Labute approximate surface area is 135 Å². The summed E-state index contributed by atoms with van der Waals surface area (Å²) in [5.74, 6) is -0.126. The van der Waals surface area contributed by atoms with E-state index in [4.69, 9.17) is 11.6 Å². The molecule has 2 amide bonds. The van der Waals surface area contributed by atoms with E-state index in [0.29, 0.717) is 18.0 Å². The molecule has 2 atom stereocenters. The zero-order valence-corrected chi connectivity index (χ0v) is 13.2. The van der Waals surface area contributed by atoms with Crippen LogP contribution in [0, 0.1) is 5.92 Å². The van der Waals surface area contributed by atoms with E-state index in [9.17, 15) is 9.59 Å². The topological polar surface area (TPSA) is 58.2 Å². The highest BCUT2D eigenvalue weighted by Crippen LogP contribution is 2.25. The first-order valence-electron chi connectivity index (χ1n) is 7.53. The Hall–Kier alpha value is -1.81. The van der Waals surface area contributed by atoms with Crippen molar-refractivity contribution in [2.45, 2.75) is 31.7 Å². The highest BCUT2D eigenvalue weighted by molar-refractivity contribution is 6.30. The smallest absolute Gasteiger partial charge is 0.243 e. The average Bonchev–Trinajstić information content (AvgIpc) is 2.95. The number of hydrogen-bond acceptors (Lipinski definition) is 2. The van der Waals surface area contributed by atoms with Gasteiger partial charge >= 0.3 is 0 Å². The summed E-state index contributed by atoms with van der Waals surface area (Å²) in [5.41, 5.74) is 1.11. The molecular weight excluding hydrogens is 300 g/mol. The summed E-state index contributed by atoms with van der Waals surface area (Å²) in [7, 11) is 0. The van der Waals surface area contributed by atoms with Gasteiger partial charge in [0.05, 0.1) is 0 Å². The summed E-state index contributed by atoms with van der Waals surface area (Å²) in [6, 6.07) is 7.72. The Morgan fingerprint density at radius 2 is 2.18 bits per heavy atom. The third kappa shape index (κ3) is 4.88. The van der Waals surface area contributed by atoms with E-state index in [0.717, 1.165) is 24.8 Å². The van der Waals surface area contributed by atoms with Crippen LogP contribution in [0.15, 0.2) is 36.9 Å². The molecule has 1 aromatic rings. The van der Waals surface area contributed by atoms with Crippen LogP contribution in [0.25, 0.3) is 0 Å². The lowest BCUT2D eigenvalue weighted by molar-refractivity contribution is -0.125. The van der Waals surface area contributed by atoms with Crippen molar-refractivity contribution < 1.29 is 9.59 Å². The number of halogens is 1. The summed E-state index contributed by atoms with van der Waals surface area (Å²) in [6.45, 7) is 4.03. The van der Waals surface area contributed by atoms with Crippen LogP contribution in [0.5, 0.6) is 0 Å². The molecule has 0 radical (unpaired) electrons. The third-order valence-corrected chi connectivity index (χ3v) is 4.17. The molecule has 0 unspecified atom stereocenters. The number of carbonyl (C=O) groups excluding carboxylic acids is 2. The van der Waals surface area contributed by atoms with Gasteiger partial charge in [-0.1, -0.05) is 30.3 Å². The minimum Gasteiger partial charge on any atom is -0.356 e. The van der Waals surface area contributed by atoms with Crippen LogP contribution in [0.4, 0.5) is 0 Å². The van der Waals surface area contributed by atoms with Crippen LogP contribution in [0.3, 0.4) is 0 Å². The van der Waals surface area contributed by atoms with Gasteiger partial charge in [-0.05, 0) is 49.5 Å². The lowest BCUT2D eigenvalue weighted by Crippen LogP contribution is -2.34. The Kier molecular flexibility index (Phi) is 6.01. The molecule has 0 saturated heterocycles. The summed E-state index contributed by atoms with van der Waals surface area (Å²) >= 11 is 5.93. The fraction of sp³-hybridized carbons (Fsp3) is 0.412. The van der Waals surface area contributed by atoms with Crippen molar-refractivity contribution in [3.05, 3.63) is 47.5 Å². The van der Waals surface area contributed by atoms with Crippen LogP contribution in [-0.4, -0.2) is 24.4 Å². The molecule has 0 spiro atoms. The van der Waals surface area contributed by atoms with Gasteiger partial charge in [0.15, 0.2) is 0 Å². The third-order valence-electron chi connectivity index (χ3n) is 3.94. The molecule has 118 valence electrons. The maximum atomic E-state index is 12.1. The number of benzene rings is 1. The minimum absolute atomic E-state index is 0.0190. The van der Waals surface area contributed by atoms with E-state index in [-0.39, 0.29) is 23.8 Å². The number of nitrogens with one attached hydrogen (secondary N) is 2. The molecule has 4 nitrogen and oxygen atoms in total. The number of hydrogen-bond donors (Lipinski definition) is 2. The fourth-order valence-corrected chi connectivity index (χ4v) is 2.99. The normalized spacial score (nSPS) is 20.4. The molecule has 1 fully saturated rings. The Bertz CT molecular complexity index is 559. The maximum absolute atomic E-state index is 12.1. The number of carbonyl (C=O) groups is 2. The molecule has 2 rings (SSSR count). The van der Waals surface area contributed by atoms with E-state index in [1.807, 2.05) is 24.3 Å². The molecule has 1 saturated carbocycles. The van der Waals surface area contributed by atoms with Gasteiger partial charge in [0.2, 0.25) is 11.8 Å². The molecule has 1 aliphatic carbocycles. The van der Waals surface area contributed by atoms with Crippen molar-refractivity contribution in [3.8, 4) is 0 Å². The van der Waals surface area contributed by atoms with Crippen LogP contribution < -0.4 is 10.6 Å². The van der Waals surface area contributed by atoms with Gasteiger partial charge in [-0.3, -0.25) is 9.59 Å². The predicted molar refractivity (Wildman–Crippen MR) is 87.6 cm³/mol. The van der Waals surface area contributed by atoms with E-state index in [2.05, 4.69) is 17.2 Å². The molecule has 1 aromatic carbocycles. The quantitative estimate of drug-likeness (QED) is 0.791. The van der Waals surface area contributed by atoms with Crippen LogP contribution in [-0.2, 0) is 16.0 Å². The van der Waals surface area contributed by atoms with Gasteiger partial charge in [0.1, 0.15) is 0 Å². The van der Waals surface area contributed by atoms with Gasteiger partial charge < -0.3 is 10.6 Å². The predicted octanol–water partition coefficient (Wildman–Crippen LogP) is 2.47. The SMILES string of the molecule is C=CC(=O)N[C@H]1CC[C@H](C(=O)NCCc2cccc(Cl)c2)C1. The highest BCUT2D eigenvalue weighted by Gasteiger charge is 2.30. The summed E-state index contributed by atoms with van der Waals surface area (Å²) in [6.07, 6.45) is 4.37. The molecular formula is C17H21ClN2O2. The Morgan fingerprint density at radius 1 is 1.36 bits per heavy atom. The summed E-state index contributed by atoms with van der Waals surface area (Å²) < 4.78 is 0. The van der Waals surface area contributed by atoms with Crippen molar-refractivity contribution in [1.82, 2.24) is 10.6 Å². The summed E-state index contributed by atoms with van der Waals surface area (Å²) in [4.78, 5) is 23.4. The molecule has 2 N–H and O–H groups in total. The van der Waals surface area contributed by atoms with Crippen LogP contribution in [0.2, 0.25) is 5.02 Å². The molecule has 1 aliphatic rings. The Balaban J connectivity index is 1.72. The molecule has 5 heteroatoms. The van der Waals surface area contributed by atoms with Gasteiger partial charge in [0, 0.05) is 23.5 Å². The van der Waals surface area contributed by atoms with Crippen molar-refractivity contribution in [2.75, 3.05) is 6.54 Å². The second kappa shape index (κ2) is 7.99. The monoisotopic (exact) mass is 320 g/mol. The first kappa shape index (κ1) is 16.6. The van der Waals surface area contributed by atoms with Crippen molar-refractivity contribution in [1.29, 1.82) is 0 Å².